The van der Waals surface area contributed by atoms with E-state index in [2.05, 4.69) is 52.6 Å². The number of Topliss-reactive ketones (excluding diaryl/α,β-unsaturated/α-hetero) is 1. The van der Waals surface area contributed by atoms with Crippen molar-refractivity contribution in [1.29, 1.82) is 0 Å². The van der Waals surface area contributed by atoms with Gasteiger partial charge in [-0.25, -0.2) is 28.1 Å². The highest BCUT2D eigenvalue weighted by molar-refractivity contribution is 9.10. The van der Waals surface area contributed by atoms with Crippen molar-refractivity contribution in [3.8, 4) is 11.1 Å². The van der Waals surface area contributed by atoms with Crippen molar-refractivity contribution in [2.45, 2.75) is 52.2 Å². The lowest BCUT2D eigenvalue weighted by atomic mass is 9.99. The summed E-state index contributed by atoms with van der Waals surface area (Å²) in [6.07, 6.45) is 5.78. The summed E-state index contributed by atoms with van der Waals surface area (Å²) in [4.78, 5) is 55.1. The number of ketones is 1. The van der Waals surface area contributed by atoms with E-state index in [4.69, 9.17) is 0 Å². The zero-order chi connectivity index (χ0) is 33.7. The second-order valence-electron chi connectivity index (χ2n) is 11.9. The number of fused-ring (bicyclic) bond motifs is 2. The third kappa shape index (κ3) is 6.34. The summed E-state index contributed by atoms with van der Waals surface area (Å²) in [7, 11) is -3.49. The van der Waals surface area contributed by atoms with E-state index >= 15 is 0 Å². The molecule has 0 spiro atoms. The van der Waals surface area contributed by atoms with Gasteiger partial charge in [0.1, 0.15) is 34.5 Å². The Labute approximate surface area is 280 Å². The Hall–Kier alpha value is -4.34. The first kappa shape index (κ1) is 32.6. The number of hydrogen-bond donors (Lipinski definition) is 2. The molecular weight excluding hydrogens is 688 g/mol. The van der Waals surface area contributed by atoms with E-state index in [1.807, 2.05) is 12.1 Å². The summed E-state index contributed by atoms with van der Waals surface area (Å²) in [6, 6.07) is 7.69. The molecule has 1 aromatic carbocycles. The first-order valence-corrected chi connectivity index (χ1v) is 17.5. The van der Waals surface area contributed by atoms with Gasteiger partial charge in [0.05, 0.1) is 11.3 Å². The first-order valence-electron chi connectivity index (χ1n) is 15.0. The van der Waals surface area contributed by atoms with Gasteiger partial charge in [-0.15, -0.1) is 0 Å². The fourth-order valence-corrected chi connectivity index (χ4v) is 7.25. The van der Waals surface area contributed by atoms with Gasteiger partial charge in [-0.3, -0.25) is 19.1 Å². The van der Waals surface area contributed by atoms with Crippen molar-refractivity contribution in [2.24, 2.45) is 5.41 Å². The number of anilines is 1. The van der Waals surface area contributed by atoms with Gasteiger partial charge in [0.2, 0.25) is 21.8 Å². The molecule has 2 aliphatic rings. The van der Waals surface area contributed by atoms with Crippen LogP contribution in [-0.4, -0.2) is 80.0 Å². The second kappa shape index (κ2) is 12.4. The third-order valence-corrected chi connectivity index (χ3v) is 10.7. The predicted octanol–water partition coefficient (Wildman–Crippen LogP) is 3.74. The smallest absolute Gasteiger partial charge is 0.248 e. The van der Waals surface area contributed by atoms with Crippen LogP contribution < -0.4 is 10.0 Å². The van der Waals surface area contributed by atoms with Crippen LogP contribution >= 0.6 is 15.9 Å². The minimum atomic E-state index is -3.49. The van der Waals surface area contributed by atoms with Crippen LogP contribution in [0.4, 0.5) is 5.82 Å². The topological polar surface area (TPSA) is 169 Å². The molecule has 1 aliphatic heterocycles. The number of nitrogens with one attached hydrogen (secondary N) is 2. The molecule has 15 heteroatoms. The van der Waals surface area contributed by atoms with Crippen molar-refractivity contribution in [1.82, 2.24) is 34.4 Å². The summed E-state index contributed by atoms with van der Waals surface area (Å²) in [5, 5.41) is 7.95. The van der Waals surface area contributed by atoms with Crippen LogP contribution in [0.2, 0.25) is 0 Å². The lowest BCUT2D eigenvalue weighted by Crippen LogP contribution is -2.47. The minimum absolute atomic E-state index is 0.0807. The quantitative estimate of drug-likeness (QED) is 0.173. The minimum Gasteiger partial charge on any atom is -0.325 e. The number of benzene rings is 1. The standard InChI is InChI=1S/C32H33BrN8O5S/c1-5-20-8-10-27(33)37-30(20)38-31(44)25-12-32(17-36-47(45,46)6-2)13-26(32)41(25)28(43)16-40-24-9-7-21(22-14-34-19(4)35-15-22)11-23(24)29(39-40)18(3)42/h5,7-11,14-15,25-26,36H,1,6,12-13,16-17H2,2-4H3,(H,37,38,44)/t25-,26+,32-/m0/s1. The SMILES string of the molecule is C=Cc1ccc(Br)nc1NC(=O)[C@@H]1C[C@@]2(CNS(=O)(=O)CC)C[C@H]2N1C(=O)Cn1nc(C(C)=O)c2cc(-c3cnc(C)nc3)ccc21. The molecule has 0 unspecified atom stereocenters. The lowest BCUT2D eigenvalue weighted by molar-refractivity contribution is -0.138. The fourth-order valence-electron chi connectivity index (χ4n) is 6.23. The van der Waals surface area contributed by atoms with Crippen molar-refractivity contribution in [3.63, 3.8) is 0 Å². The highest BCUT2D eigenvalue weighted by Gasteiger charge is 2.67. The van der Waals surface area contributed by atoms with E-state index in [9.17, 15) is 22.8 Å². The van der Waals surface area contributed by atoms with Crippen molar-refractivity contribution in [2.75, 3.05) is 17.6 Å². The molecule has 244 valence electrons. The number of pyridine rings is 1. The highest BCUT2D eigenvalue weighted by atomic mass is 79.9. The third-order valence-electron chi connectivity index (χ3n) is 8.87. The van der Waals surface area contributed by atoms with E-state index in [0.717, 1.165) is 11.1 Å². The predicted molar refractivity (Wildman–Crippen MR) is 180 cm³/mol. The Morgan fingerprint density at radius 2 is 1.87 bits per heavy atom. The maximum atomic E-state index is 14.1. The summed E-state index contributed by atoms with van der Waals surface area (Å²) in [5.74, 6) is -0.252. The van der Waals surface area contributed by atoms with Crippen molar-refractivity contribution in [3.05, 3.63) is 71.0 Å². The number of aromatic nitrogens is 5. The molecule has 1 saturated heterocycles. The van der Waals surface area contributed by atoms with Crippen molar-refractivity contribution < 1.29 is 22.8 Å². The maximum Gasteiger partial charge on any atom is 0.248 e. The van der Waals surface area contributed by atoms with Crippen LogP contribution in [0.25, 0.3) is 28.1 Å². The maximum absolute atomic E-state index is 14.1. The summed E-state index contributed by atoms with van der Waals surface area (Å²) >= 11 is 3.33. The van der Waals surface area contributed by atoms with Crippen LogP contribution in [0, 0.1) is 12.3 Å². The van der Waals surface area contributed by atoms with Crippen LogP contribution in [0.15, 0.2) is 53.9 Å². The molecule has 1 saturated carbocycles. The molecule has 3 atom stereocenters. The number of sulfonamides is 1. The Bertz CT molecular complexity index is 2050. The number of halogens is 1. The zero-order valence-electron chi connectivity index (χ0n) is 26.0. The molecule has 4 aromatic rings. The summed E-state index contributed by atoms with van der Waals surface area (Å²) < 4.78 is 29.2. The second-order valence-corrected chi connectivity index (χ2v) is 14.8. The molecule has 1 aliphatic carbocycles. The molecule has 2 N–H and O–H groups in total. The van der Waals surface area contributed by atoms with Gasteiger partial charge in [0, 0.05) is 53.8 Å². The molecule has 0 radical (unpaired) electrons. The molecule has 4 heterocycles. The number of piperidine rings is 1. The Balaban J connectivity index is 1.32. The van der Waals surface area contributed by atoms with E-state index in [-0.39, 0.29) is 54.5 Å². The molecular formula is C32H33BrN8O5S. The largest absolute Gasteiger partial charge is 0.325 e. The number of nitrogens with zero attached hydrogens (tertiary/aromatic N) is 6. The summed E-state index contributed by atoms with van der Waals surface area (Å²) in [5.41, 5.74) is 2.36. The van der Waals surface area contributed by atoms with Crippen molar-refractivity contribution >= 4 is 66.3 Å². The van der Waals surface area contributed by atoms with E-state index in [1.54, 1.807) is 55.4 Å². The van der Waals surface area contributed by atoms with E-state index in [0.29, 0.717) is 33.3 Å². The van der Waals surface area contributed by atoms with Gasteiger partial charge in [0.15, 0.2) is 5.78 Å². The normalized spacial score (nSPS) is 20.2. The first-order chi connectivity index (χ1) is 22.3. The molecule has 2 amide bonds. The number of hydrogen-bond acceptors (Lipinski definition) is 9. The highest BCUT2D eigenvalue weighted by Crippen LogP contribution is 2.59. The molecule has 6 rings (SSSR count). The average molecular weight is 722 g/mol. The Morgan fingerprint density at radius 1 is 1.13 bits per heavy atom. The van der Waals surface area contributed by atoms with Gasteiger partial charge in [-0.1, -0.05) is 18.7 Å². The number of carbonyl (C=O) groups excluding carboxylic acids is 3. The number of likely N-dealkylation sites (tertiary alicyclic amines) is 1. The fraction of sp³-hybridized carbons (Fsp3) is 0.344. The molecule has 2 fully saturated rings. The summed E-state index contributed by atoms with van der Waals surface area (Å²) in [6.45, 7) is 8.43. The van der Waals surface area contributed by atoms with Crippen LogP contribution in [0.5, 0.6) is 0 Å². The van der Waals surface area contributed by atoms with Crippen LogP contribution in [0.3, 0.4) is 0 Å². The number of amides is 2. The number of rotatable bonds is 11. The van der Waals surface area contributed by atoms with E-state index in [1.165, 1.54) is 11.6 Å². The molecule has 13 nitrogen and oxygen atoms in total. The molecule has 47 heavy (non-hydrogen) atoms. The van der Waals surface area contributed by atoms with E-state index < -0.39 is 27.4 Å². The van der Waals surface area contributed by atoms with Crippen LogP contribution in [0.1, 0.15) is 48.6 Å². The van der Waals surface area contributed by atoms with Gasteiger partial charge < -0.3 is 10.2 Å². The van der Waals surface area contributed by atoms with Gasteiger partial charge >= 0.3 is 0 Å². The van der Waals surface area contributed by atoms with Crippen LogP contribution in [-0.2, 0) is 26.2 Å². The zero-order valence-corrected chi connectivity index (χ0v) is 28.4. The monoisotopic (exact) mass is 720 g/mol. The molecule has 0 bridgehead atoms. The lowest BCUT2D eigenvalue weighted by Gasteiger charge is -2.27. The van der Waals surface area contributed by atoms with Gasteiger partial charge in [0.25, 0.3) is 0 Å². The Morgan fingerprint density at radius 3 is 2.55 bits per heavy atom. The Kier molecular flexibility index (Phi) is 8.57. The molecule has 3 aromatic heterocycles. The van der Waals surface area contributed by atoms with Gasteiger partial charge in [-0.05, 0) is 72.4 Å². The van der Waals surface area contributed by atoms with Gasteiger partial charge in [-0.2, -0.15) is 5.10 Å². The average Bonchev–Trinajstić information content (AvgIpc) is 3.47. The number of aryl methyl sites for hydroxylation is 1. The number of carbonyl (C=O) groups is 3.